The lowest BCUT2D eigenvalue weighted by atomic mass is 9.91. The summed E-state index contributed by atoms with van der Waals surface area (Å²) in [5.41, 5.74) is 15.0. The third-order valence-electron chi connectivity index (χ3n) is 5.06. The summed E-state index contributed by atoms with van der Waals surface area (Å²) in [5, 5.41) is 6.71. The minimum atomic E-state index is 0.156. The van der Waals surface area contributed by atoms with Crippen molar-refractivity contribution in [3.8, 4) is 11.1 Å². The molecule has 7 nitrogen and oxygen atoms in total. The summed E-state index contributed by atoms with van der Waals surface area (Å²) in [6.45, 7) is 0. The summed E-state index contributed by atoms with van der Waals surface area (Å²) in [5.74, 6) is 1.86. The fraction of sp³-hybridized carbons (Fsp3) is 0.286. The second kappa shape index (κ2) is 8.22. The van der Waals surface area contributed by atoms with Gasteiger partial charge in [-0.25, -0.2) is 9.97 Å². The maximum Gasteiger partial charge on any atom is 0.224 e. The van der Waals surface area contributed by atoms with Gasteiger partial charge in [-0.1, -0.05) is 25.0 Å². The Morgan fingerprint density at radius 1 is 0.893 bits per heavy atom. The van der Waals surface area contributed by atoms with E-state index in [0.717, 1.165) is 35.5 Å². The molecule has 28 heavy (non-hydrogen) atoms. The Morgan fingerprint density at radius 2 is 1.68 bits per heavy atom. The lowest BCUT2D eigenvalue weighted by Gasteiger charge is -2.29. The van der Waals surface area contributed by atoms with Crippen LogP contribution in [0.3, 0.4) is 0 Å². The van der Waals surface area contributed by atoms with Crippen molar-refractivity contribution in [1.82, 2.24) is 15.0 Å². The molecule has 1 saturated carbocycles. The normalized spacial score (nSPS) is 19.2. The highest BCUT2D eigenvalue weighted by atomic mass is 15.2. The predicted molar refractivity (Wildman–Crippen MR) is 113 cm³/mol. The van der Waals surface area contributed by atoms with Gasteiger partial charge in [-0.2, -0.15) is 4.98 Å². The fourth-order valence-corrected chi connectivity index (χ4v) is 3.52. The average molecular weight is 375 g/mol. The zero-order chi connectivity index (χ0) is 19.3. The molecule has 7 heteroatoms. The van der Waals surface area contributed by atoms with E-state index in [4.69, 9.17) is 11.5 Å². The Labute approximate surface area is 164 Å². The van der Waals surface area contributed by atoms with Crippen LogP contribution in [0, 0.1) is 0 Å². The van der Waals surface area contributed by atoms with E-state index < -0.39 is 0 Å². The topological polar surface area (TPSA) is 115 Å². The van der Waals surface area contributed by atoms with Crippen molar-refractivity contribution < 1.29 is 0 Å². The van der Waals surface area contributed by atoms with E-state index in [1.165, 1.54) is 12.8 Å². The van der Waals surface area contributed by atoms with Crippen LogP contribution >= 0.6 is 0 Å². The van der Waals surface area contributed by atoms with E-state index in [-0.39, 0.29) is 12.1 Å². The van der Waals surface area contributed by atoms with Crippen molar-refractivity contribution in [2.24, 2.45) is 5.73 Å². The highest BCUT2D eigenvalue weighted by molar-refractivity contribution is 5.69. The fourth-order valence-electron chi connectivity index (χ4n) is 3.52. The molecule has 2 heterocycles. The van der Waals surface area contributed by atoms with E-state index in [0.29, 0.717) is 11.8 Å². The van der Waals surface area contributed by atoms with Gasteiger partial charge in [0.2, 0.25) is 5.95 Å². The molecule has 2 aromatic heterocycles. The van der Waals surface area contributed by atoms with E-state index >= 15 is 0 Å². The molecular formula is C21H25N7. The van der Waals surface area contributed by atoms with Crippen LogP contribution in [0.2, 0.25) is 0 Å². The number of nitrogens with one attached hydrogen (secondary N) is 2. The zero-order valence-corrected chi connectivity index (χ0v) is 15.7. The quantitative estimate of drug-likeness (QED) is 0.539. The van der Waals surface area contributed by atoms with Gasteiger partial charge in [0.25, 0.3) is 0 Å². The molecule has 1 aromatic carbocycles. The number of benzene rings is 1. The number of aromatic nitrogens is 3. The predicted octanol–water partition coefficient (Wildman–Crippen LogP) is 3.55. The first kappa shape index (κ1) is 18.2. The van der Waals surface area contributed by atoms with Crippen LogP contribution in [0.15, 0.2) is 54.9 Å². The molecule has 0 bridgehead atoms. The second-order valence-corrected chi connectivity index (χ2v) is 7.14. The third kappa shape index (κ3) is 4.37. The maximum atomic E-state index is 6.21. The van der Waals surface area contributed by atoms with Crippen molar-refractivity contribution in [3.63, 3.8) is 0 Å². The van der Waals surface area contributed by atoms with Gasteiger partial charge in [0.15, 0.2) is 0 Å². The van der Waals surface area contributed by atoms with E-state index in [9.17, 15) is 0 Å². The standard InChI is InChI=1S/C21H25N7/c22-17-3-1-2-4-18(17)27-21-25-12-10-20(28-21)26-16-7-5-14(6-8-16)15-9-11-24-19(23)13-15/h5-13,17-18H,1-4,22H2,(H2,23,24)(H2,25,26,27,28)/t17-,18+/m0/s1. The largest absolute Gasteiger partial charge is 0.384 e. The van der Waals surface area contributed by atoms with E-state index in [2.05, 4.69) is 25.6 Å². The van der Waals surface area contributed by atoms with E-state index in [1.54, 1.807) is 12.4 Å². The molecule has 3 aromatic rings. The molecular weight excluding hydrogens is 350 g/mol. The highest BCUT2D eigenvalue weighted by Crippen LogP contribution is 2.24. The first-order valence-electron chi connectivity index (χ1n) is 9.61. The van der Waals surface area contributed by atoms with Crippen LogP contribution in [0.25, 0.3) is 11.1 Å². The van der Waals surface area contributed by atoms with Crippen LogP contribution in [0.4, 0.5) is 23.3 Å². The number of hydrogen-bond acceptors (Lipinski definition) is 7. The first-order valence-corrected chi connectivity index (χ1v) is 9.61. The zero-order valence-electron chi connectivity index (χ0n) is 15.7. The molecule has 4 rings (SSSR count). The Balaban J connectivity index is 1.44. The van der Waals surface area contributed by atoms with Gasteiger partial charge < -0.3 is 22.1 Å². The minimum absolute atomic E-state index is 0.156. The number of anilines is 4. The van der Waals surface area contributed by atoms with Gasteiger partial charge in [-0.05, 0) is 54.3 Å². The molecule has 1 aliphatic carbocycles. The Kier molecular flexibility index (Phi) is 5.34. The van der Waals surface area contributed by atoms with Crippen LogP contribution in [0.1, 0.15) is 25.7 Å². The molecule has 144 valence electrons. The summed E-state index contributed by atoms with van der Waals surface area (Å²) in [6.07, 6.45) is 7.96. The molecule has 0 spiro atoms. The number of nitrogens with two attached hydrogens (primary N) is 2. The molecule has 2 atom stereocenters. The molecule has 1 aliphatic rings. The van der Waals surface area contributed by atoms with Crippen LogP contribution < -0.4 is 22.1 Å². The number of hydrogen-bond donors (Lipinski definition) is 4. The van der Waals surface area contributed by atoms with Crippen LogP contribution in [-0.4, -0.2) is 27.0 Å². The molecule has 1 fully saturated rings. The molecule has 0 aliphatic heterocycles. The Bertz CT molecular complexity index is 926. The number of nitrogen functional groups attached to an aromatic ring is 1. The minimum Gasteiger partial charge on any atom is -0.384 e. The lowest BCUT2D eigenvalue weighted by molar-refractivity contribution is 0.402. The summed E-state index contributed by atoms with van der Waals surface area (Å²) in [6, 6.07) is 14.1. The second-order valence-electron chi connectivity index (χ2n) is 7.14. The molecule has 6 N–H and O–H groups in total. The van der Waals surface area contributed by atoms with Crippen LogP contribution in [0.5, 0.6) is 0 Å². The SMILES string of the molecule is Nc1cc(-c2ccc(Nc3ccnc(N[C@@H]4CCCC[C@@H]4N)n3)cc2)ccn1. The Hall–Kier alpha value is -3.19. The van der Waals surface area contributed by atoms with Crippen molar-refractivity contribution in [2.75, 3.05) is 16.4 Å². The van der Waals surface area contributed by atoms with Crippen molar-refractivity contribution in [1.29, 1.82) is 0 Å². The van der Waals surface area contributed by atoms with Crippen molar-refractivity contribution >= 4 is 23.3 Å². The molecule has 0 amide bonds. The van der Waals surface area contributed by atoms with E-state index in [1.807, 2.05) is 42.5 Å². The molecule has 0 saturated heterocycles. The van der Waals surface area contributed by atoms with Crippen molar-refractivity contribution in [3.05, 3.63) is 54.9 Å². The average Bonchev–Trinajstić information content (AvgIpc) is 2.71. The van der Waals surface area contributed by atoms with Gasteiger partial charge in [0.1, 0.15) is 11.6 Å². The summed E-state index contributed by atoms with van der Waals surface area (Å²) >= 11 is 0. The lowest BCUT2D eigenvalue weighted by Crippen LogP contribution is -2.42. The van der Waals surface area contributed by atoms with Gasteiger partial charge >= 0.3 is 0 Å². The van der Waals surface area contributed by atoms with Gasteiger partial charge in [-0.15, -0.1) is 0 Å². The molecule has 0 radical (unpaired) electrons. The van der Waals surface area contributed by atoms with Gasteiger partial charge in [-0.3, -0.25) is 0 Å². The number of nitrogens with zero attached hydrogens (tertiary/aromatic N) is 3. The highest BCUT2D eigenvalue weighted by Gasteiger charge is 2.22. The maximum absolute atomic E-state index is 6.21. The smallest absolute Gasteiger partial charge is 0.224 e. The first-order chi connectivity index (χ1) is 13.7. The van der Waals surface area contributed by atoms with Crippen molar-refractivity contribution in [2.45, 2.75) is 37.8 Å². The Morgan fingerprint density at radius 3 is 2.46 bits per heavy atom. The summed E-state index contributed by atoms with van der Waals surface area (Å²) in [7, 11) is 0. The summed E-state index contributed by atoms with van der Waals surface area (Å²) in [4.78, 5) is 12.9. The summed E-state index contributed by atoms with van der Waals surface area (Å²) < 4.78 is 0. The molecule has 0 unspecified atom stereocenters. The van der Waals surface area contributed by atoms with Gasteiger partial charge in [0.05, 0.1) is 0 Å². The monoisotopic (exact) mass is 375 g/mol. The number of pyridine rings is 1. The van der Waals surface area contributed by atoms with Crippen LogP contribution in [-0.2, 0) is 0 Å². The number of rotatable bonds is 5. The van der Waals surface area contributed by atoms with Gasteiger partial charge in [0, 0.05) is 30.2 Å². The third-order valence-corrected chi connectivity index (χ3v) is 5.06.